The van der Waals surface area contributed by atoms with E-state index < -0.39 is 35.0 Å². The van der Waals surface area contributed by atoms with Gasteiger partial charge in [0, 0.05) is 11.1 Å². The van der Waals surface area contributed by atoms with Gasteiger partial charge in [-0.05, 0) is 11.8 Å². The van der Waals surface area contributed by atoms with E-state index in [4.69, 9.17) is 0 Å². The number of phenolic OH excluding ortho intramolecular Hbond substituents is 2. The Kier molecular flexibility index (Phi) is 3.41. The molecule has 16 heavy (non-hydrogen) atoms. The fraction of sp³-hybridized carbons (Fsp3) is 0.500. The predicted molar refractivity (Wildman–Crippen MR) is 57.9 cm³/mol. The highest BCUT2D eigenvalue weighted by Crippen LogP contribution is 2.43. The Bertz CT molecular complexity index is 344. The van der Waals surface area contributed by atoms with Crippen LogP contribution in [0.3, 0.4) is 0 Å². The maximum Gasteiger partial charge on any atom is 0.166 e. The first-order chi connectivity index (χ1) is 7.29. The summed E-state index contributed by atoms with van der Waals surface area (Å²) in [7, 11) is 0. The number of hydrogen-bond acceptors (Lipinski definition) is 2. The van der Waals surface area contributed by atoms with Gasteiger partial charge in [-0.15, -0.1) is 0 Å². The average molecular weight is 230 g/mol. The topological polar surface area (TPSA) is 40.5 Å². The second-order valence-corrected chi connectivity index (χ2v) is 4.46. The predicted octanol–water partition coefficient (Wildman–Crippen LogP) is 3.62. The lowest BCUT2D eigenvalue weighted by molar-refractivity contribution is 0.370. The molecule has 1 aromatic rings. The van der Waals surface area contributed by atoms with Crippen molar-refractivity contribution in [1.82, 2.24) is 0 Å². The average Bonchev–Trinajstić information content (AvgIpc) is 2.14. The minimum atomic E-state index is -1.08. The number of phenols is 2. The highest BCUT2D eigenvalue weighted by molar-refractivity contribution is 5.53. The van der Waals surface area contributed by atoms with Crippen molar-refractivity contribution >= 4 is 0 Å². The Morgan fingerprint density at radius 1 is 0.750 bits per heavy atom. The van der Waals surface area contributed by atoms with E-state index in [-0.39, 0.29) is 11.1 Å². The number of aromatic hydroxyl groups is 2. The van der Waals surface area contributed by atoms with Crippen LogP contribution < -0.4 is 0 Å². The number of halogens is 2. The van der Waals surface area contributed by atoms with Gasteiger partial charge in [0.15, 0.2) is 23.1 Å². The molecule has 0 atom stereocenters. The van der Waals surface area contributed by atoms with E-state index in [0.717, 1.165) is 0 Å². The molecular weight excluding hydrogens is 214 g/mol. The molecule has 2 N–H and O–H groups in total. The third kappa shape index (κ3) is 1.84. The molecule has 0 saturated heterocycles. The van der Waals surface area contributed by atoms with Crippen molar-refractivity contribution in [3.63, 3.8) is 0 Å². The first-order valence-corrected chi connectivity index (χ1v) is 5.21. The smallest absolute Gasteiger partial charge is 0.166 e. The Labute approximate surface area is 93.5 Å². The SMILES string of the molecule is CC(C)c1c(O)c(O)c(C(C)C)c(F)c1F. The van der Waals surface area contributed by atoms with E-state index in [1.165, 1.54) is 0 Å². The summed E-state index contributed by atoms with van der Waals surface area (Å²) < 4.78 is 27.3. The van der Waals surface area contributed by atoms with Crippen LogP contribution in [0.4, 0.5) is 8.78 Å². The largest absolute Gasteiger partial charge is 0.504 e. The Morgan fingerprint density at radius 3 is 1.19 bits per heavy atom. The Hall–Kier alpha value is -1.32. The molecule has 0 spiro atoms. The van der Waals surface area contributed by atoms with Gasteiger partial charge < -0.3 is 10.2 Å². The third-order valence-corrected chi connectivity index (χ3v) is 2.55. The highest BCUT2D eigenvalue weighted by atomic mass is 19.2. The van der Waals surface area contributed by atoms with Crippen LogP contribution in [0.25, 0.3) is 0 Å². The molecular formula is C12H16F2O2. The van der Waals surface area contributed by atoms with Crippen molar-refractivity contribution in [2.24, 2.45) is 0 Å². The Morgan fingerprint density at radius 2 is 1.00 bits per heavy atom. The van der Waals surface area contributed by atoms with Crippen LogP contribution >= 0.6 is 0 Å². The summed E-state index contributed by atoms with van der Waals surface area (Å²) in [6.45, 7) is 6.47. The lowest BCUT2D eigenvalue weighted by Gasteiger charge is -2.17. The molecule has 1 rings (SSSR count). The van der Waals surface area contributed by atoms with Crippen molar-refractivity contribution in [3.8, 4) is 11.5 Å². The van der Waals surface area contributed by atoms with Crippen LogP contribution in [0.2, 0.25) is 0 Å². The van der Waals surface area contributed by atoms with Gasteiger partial charge in [0.05, 0.1) is 0 Å². The van der Waals surface area contributed by atoms with Crippen LogP contribution in [-0.4, -0.2) is 10.2 Å². The van der Waals surface area contributed by atoms with Crippen LogP contribution in [0.1, 0.15) is 50.7 Å². The molecule has 0 radical (unpaired) electrons. The second-order valence-electron chi connectivity index (χ2n) is 4.46. The fourth-order valence-corrected chi connectivity index (χ4v) is 1.75. The standard InChI is InChI=1S/C12H16F2O2/c1-5(2)7-9(13)10(14)8(6(3)4)12(16)11(7)15/h5-6,15-16H,1-4H3. The minimum Gasteiger partial charge on any atom is -0.504 e. The van der Waals surface area contributed by atoms with Gasteiger partial charge in [0.25, 0.3) is 0 Å². The molecule has 2 nitrogen and oxygen atoms in total. The Balaban J connectivity index is 3.63. The molecule has 0 heterocycles. The maximum atomic E-state index is 13.7. The first kappa shape index (κ1) is 12.7. The molecule has 0 saturated carbocycles. The van der Waals surface area contributed by atoms with Crippen LogP contribution in [0.15, 0.2) is 0 Å². The normalized spacial score (nSPS) is 11.5. The minimum absolute atomic E-state index is 0.181. The molecule has 0 aliphatic rings. The highest BCUT2D eigenvalue weighted by Gasteiger charge is 2.26. The van der Waals surface area contributed by atoms with Gasteiger partial charge in [0.2, 0.25) is 0 Å². The van der Waals surface area contributed by atoms with E-state index in [1.807, 2.05) is 0 Å². The van der Waals surface area contributed by atoms with Gasteiger partial charge in [-0.25, -0.2) is 8.78 Å². The molecule has 1 aromatic carbocycles. The second kappa shape index (κ2) is 4.28. The molecule has 4 heteroatoms. The summed E-state index contributed by atoms with van der Waals surface area (Å²) in [6.07, 6.45) is 0. The summed E-state index contributed by atoms with van der Waals surface area (Å²) in [5.41, 5.74) is -0.362. The monoisotopic (exact) mass is 230 g/mol. The van der Waals surface area contributed by atoms with Crippen molar-refractivity contribution in [2.45, 2.75) is 39.5 Å². The molecule has 90 valence electrons. The van der Waals surface area contributed by atoms with Gasteiger partial charge in [-0.3, -0.25) is 0 Å². The molecule has 0 bridgehead atoms. The van der Waals surface area contributed by atoms with Crippen LogP contribution in [-0.2, 0) is 0 Å². The number of benzene rings is 1. The molecule has 0 aliphatic heterocycles. The van der Waals surface area contributed by atoms with E-state index in [2.05, 4.69) is 0 Å². The summed E-state index contributed by atoms with van der Waals surface area (Å²) in [6, 6.07) is 0. The van der Waals surface area contributed by atoms with E-state index in [0.29, 0.717) is 0 Å². The number of rotatable bonds is 2. The summed E-state index contributed by atoms with van der Waals surface area (Å²) >= 11 is 0. The zero-order valence-corrected chi connectivity index (χ0v) is 9.81. The maximum absolute atomic E-state index is 13.7. The lowest BCUT2D eigenvalue weighted by atomic mass is 9.93. The first-order valence-electron chi connectivity index (χ1n) is 5.21. The molecule has 0 amide bonds. The zero-order chi connectivity index (χ0) is 12.6. The lowest BCUT2D eigenvalue weighted by Crippen LogP contribution is -2.04. The van der Waals surface area contributed by atoms with E-state index >= 15 is 0 Å². The molecule has 0 aromatic heterocycles. The summed E-state index contributed by atoms with van der Waals surface area (Å²) in [5.74, 6) is -4.07. The third-order valence-electron chi connectivity index (χ3n) is 2.55. The molecule has 0 aliphatic carbocycles. The van der Waals surface area contributed by atoms with Crippen molar-refractivity contribution in [2.75, 3.05) is 0 Å². The van der Waals surface area contributed by atoms with Gasteiger partial charge in [-0.2, -0.15) is 0 Å². The van der Waals surface area contributed by atoms with Gasteiger partial charge in [-0.1, -0.05) is 27.7 Å². The van der Waals surface area contributed by atoms with Gasteiger partial charge >= 0.3 is 0 Å². The van der Waals surface area contributed by atoms with Gasteiger partial charge in [0.1, 0.15) is 0 Å². The molecule has 0 unspecified atom stereocenters. The van der Waals surface area contributed by atoms with E-state index in [9.17, 15) is 19.0 Å². The molecule has 0 fully saturated rings. The summed E-state index contributed by atoms with van der Waals surface area (Å²) in [5, 5.41) is 19.3. The van der Waals surface area contributed by atoms with Crippen molar-refractivity contribution in [3.05, 3.63) is 22.8 Å². The van der Waals surface area contributed by atoms with Crippen LogP contribution in [0, 0.1) is 11.6 Å². The van der Waals surface area contributed by atoms with Crippen LogP contribution in [0.5, 0.6) is 11.5 Å². The van der Waals surface area contributed by atoms with E-state index in [1.54, 1.807) is 27.7 Å². The fourth-order valence-electron chi connectivity index (χ4n) is 1.75. The number of hydrogen-bond donors (Lipinski definition) is 2. The quantitative estimate of drug-likeness (QED) is 0.762. The van der Waals surface area contributed by atoms with Crippen molar-refractivity contribution in [1.29, 1.82) is 0 Å². The zero-order valence-electron chi connectivity index (χ0n) is 9.81. The summed E-state index contributed by atoms with van der Waals surface area (Å²) in [4.78, 5) is 0. The van der Waals surface area contributed by atoms with Crippen molar-refractivity contribution < 1.29 is 19.0 Å².